The van der Waals surface area contributed by atoms with Gasteiger partial charge in [-0.3, -0.25) is 0 Å². The molecule has 1 heterocycles. The molecule has 20 heavy (non-hydrogen) atoms. The molecule has 0 unspecified atom stereocenters. The van der Waals surface area contributed by atoms with E-state index < -0.39 is 6.10 Å². The largest absolute Gasteiger partial charge is 0.491 e. The van der Waals surface area contributed by atoms with E-state index in [1.54, 1.807) is 18.2 Å². The predicted octanol–water partition coefficient (Wildman–Crippen LogP) is 2.93. The van der Waals surface area contributed by atoms with Gasteiger partial charge in [-0.05, 0) is 31.0 Å². The molecule has 112 valence electrons. The zero-order valence-electron chi connectivity index (χ0n) is 11.1. The number of rotatable bonds is 6. The van der Waals surface area contributed by atoms with Crippen molar-refractivity contribution < 1.29 is 19.3 Å². The Morgan fingerprint density at radius 1 is 1.15 bits per heavy atom. The van der Waals surface area contributed by atoms with Crippen LogP contribution in [0.4, 0.5) is 0 Å². The van der Waals surface area contributed by atoms with Crippen LogP contribution in [0.2, 0.25) is 10.0 Å². The lowest BCUT2D eigenvalue weighted by molar-refractivity contribution is -0.0659. The molecule has 0 spiro atoms. The molecular formula is C14H18Cl2O4. The number of benzene rings is 1. The molecule has 0 bridgehead atoms. The van der Waals surface area contributed by atoms with Gasteiger partial charge in [-0.25, -0.2) is 0 Å². The van der Waals surface area contributed by atoms with E-state index in [4.69, 9.17) is 37.4 Å². The van der Waals surface area contributed by atoms with Crippen LogP contribution in [0.1, 0.15) is 12.8 Å². The summed E-state index contributed by atoms with van der Waals surface area (Å²) in [4.78, 5) is 0. The highest BCUT2D eigenvalue weighted by Crippen LogP contribution is 2.24. The summed E-state index contributed by atoms with van der Waals surface area (Å²) in [6.45, 7) is 1.83. The molecule has 0 aromatic heterocycles. The minimum Gasteiger partial charge on any atom is -0.491 e. The topological polar surface area (TPSA) is 47.9 Å². The molecule has 4 nitrogen and oxygen atoms in total. The number of hydrogen-bond acceptors (Lipinski definition) is 4. The Bertz CT molecular complexity index is 401. The number of ether oxygens (including phenoxy) is 3. The number of aliphatic hydroxyl groups excluding tert-OH is 1. The first-order valence-corrected chi connectivity index (χ1v) is 7.35. The first-order chi connectivity index (χ1) is 9.63. The maximum atomic E-state index is 9.83. The van der Waals surface area contributed by atoms with Gasteiger partial charge >= 0.3 is 0 Å². The lowest BCUT2D eigenvalue weighted by Gasteiger charge is -2.23. The SMILES string of the molecule is O[C@H](COc1cc(Cl)cc(Cl)c1)COC1CCOCC1. The van der Waals surface area contributed by atoms with Crippen molar-refractivity contribution in [1.82, 2.24) is 0 Å². The molecule has 1 aliphatic rings. The molecule has 1 aliphatic heterocycles. The Morgan fingerprint density at radius 2 is 1.80 bits per heavy atom. The summed E-state index contributed by atoms with van der Waals surface area (Å²) in [5.74, 6) is 0.535. The number of hydrogen-bond donors (Lipinski definition) is 1. The molecule has 1 atom stereocenters. The van der Waals surface area contributed by atoms with Crippen molar-refractivity contribution in [3.05, 3.63) is 28.2 Å². The van der Waals surface area contributed by atoms with Crippen molar-refractivity contribution >= 4 is 23.2 Å². The van der Waals surface area contributed by atoms with Gasteiger partial charge in [-0.1, -0.05) is 23.2 Å². The highest BCUT2D eigenvalue weighted by Gasteiger charge is 2.16. The zero-order chi connectivity index (χ0) is 14.4. The fourth-order valence-corrected chi connectivity index (χ4v) is 2.45. The average Bonchev–Trinajstić information content (AvgIpc) is 2.43. The molecule has 0 radical (unpaired) electrons. The van der Waals surface area contributed by atoms with Gasteiger partial charge in [-0.15, -0.1) is 0 Å². The second-order valence-corrected chi connectivity index (χ2v) is 5.59. The maximum Gasteiger partial charge on any atom is 0.122 e. The van der Waals surface area contributed by atoms with Gasteiger partial charge in [0.25, 0.3) is 0 Å². The van der Waals surface area contributed by atoms with E-state index in [1.807, 2.05) is 0 Å². The van der Waals surface area contributed by atoms with Crippen molar-refractivity contribution in [2.75, 3.05) is 26.4 Å². The summed E-state index contributed by atoms with van der Waals surface area (Å²) in [6, 6.07) is 4.93. The second-order valence-electron chi connectivity index (χ2n) is 4.72. The third-order valence-corrected chi connectivity index (χ3v) is 3.41. The van der Waals surface area contributed by atoms with Crippen molar-refractivity contribution in [2.45, 2.75) is 25.0 Å². The molecular weight excluding hydrogens is 303 g/mol. The first kappa shape index (κ1) is 15.9. The molecule has 1 fully saturated rings. The van der Waals surface area contributed by atoms with Crippen LogP contribution in [0.15, 0.2) is 18.2 Å². The third kappa shape index (κ3) is 5.46. The van der Waals surface area contributed by atoms with Crippen LogP contribution in [-0.2, 0) is 9.47 Å². The summed E-state index contributed by atoms with van der Waals surface area (Å²) >= 11 is 11.7. The third-order valence-electron chi connectivity index (χ3n) is 2.97. The first-order valence-electron chi connectivity index (χ1n) is 6.60. The van der Waals surface area contributed by atoms with E-state index in [0.717, 1.165) is 26.1 Å². The fraction of sp³-hybridized carbons (Fsp3) is 0.571. The molecule has 0 aliphatic carbocycles. The molecule has 1 aromatic carbocycles. The monoisotopic (exact) mass is 320 g/mol. The Hall–Kier alpha value is -0.520. The Balaban J connectivity index is 1.70. The van der Waals surface area contributed by atoms with Crippen LogP contribution >= 0.6 is 23.2 Å². The minimum absolute atomic E-state index is 0.139. The number of halogens is 2. The van der Waals surface area contributed by atoms with Crippen molar-refractivity contribution in [1.29, 1.82) is 0 Å². The second kappa shape index (κ2) is 8.05. The van der Waals surface area contributed by atoms with E-state index >= 15 is 0 Å². The Kier molecular flexibility index (Phi) is 6.39. The van der Waals surface area contributed by atoms with E-state index in [0.29, 0.717) is 15.8 Å². The molecule has 1 N–H and O–H groups in total. The van der Waals surface area contributed by atoms with Crippen LogP contribution < -0.4 is 4.74 Å². The summed E-state index contributed by atoms with van der Waals surface area (Å²) in [6.07, 6.45) is 1.23. The summed E-state index contributed by atoms with van der Waals surface area (Å²) < 4.78 is 16.3. The van der Waals surface area contributed by atoms with Gasteiger partial charge < -0.3 is 19.3 Å². The zero-order valence-corrected chi connectivity index (χ0v) is 12.6. The molecule has 6 heteroatoms. The van der Waals surface area contributed by atoms with Gasteiger partial charge in [0.15, 0.2) is 0 Å². The van der Waals surface area contributed by atoms with E-state index in [2.05, 4.69) is 0 Å². The molecule has 1 saturated heterocycles. The number of aliphatic hydroxyl groups is 1. The Morgan fingerprint density at radius 3 is 2.45 bits per heavy atom. The van der Waals surface area contributed by atoms with Gasteiger partial charge in [-0.2, -0.15) is 0 Å². The van der Waals surface area contributed by atoms with Crippen molar-refractivity contribution in [3.63, 3.8) is 0 Å². The van der Waals surface area contributed by atoms with Crippen molar-refractivity contribution in [2.24, 2.45) is 0 Å². The molecule has 0 saturated carbocycles. The highest BCUT2D eigenvalue weighted by atomic mass is 35.5. The molecule has 2 rings (SSSR count). The summed E-state index contributed by atoms with van der Waals surface area (Å²) in [5, 5.41) is 10.8. The van der Waals surface area contributed by atoms with Gasteiger partial charge in [0.05, 0.1) is 12.7 Å². The fourth-order valence-electron chi connectivity index (χ4n) is 1.94. The van der Waals surface area contributed by atoms with Gasteiger partial charge in [0.2, 0.25) is 0 Å². The quantitative estimate of drug-likeness (QED) is 0.875. The van der Waals surface area contributed by atoms with E-state index in [9.17, 15) is 5.11 Å². The van der Waals surface area contributed by atoms with Crippen LogP contribution in [0.5, 0.6) is 5.75 Å². The van der Waals surface area contributed by atoms with Gasteiger partial charge in [0, 0.05) is 23.3 Å². The predicted molar refractivity (Wildman–Crippen MR) is 77.8 cm³/mol. The normalized spacial score (nSPS) is 17.9. The van der Waals surface area contributed by atoms with E-state index in [1.165, 1.54) is 0 Å². The highest BCUT2D eigenvalue weighted by molar-refractivity contribution is 6.34. The van der Waals surface area contributed by atoms with Crippen molar-refractivity contribution in [3.8, 4) is 5.75 Å². The van der Waals surface area contributed by atoms with Crippen LogP contribution in [0.3, 0.4) is 0 Å². The Labute approximate surface area is 128 Å². The molecule has 1 aromatic rings. The van der Waals surface area contributed by atoms with Crippen LogP contribution in [0.25, 0.3) is 0 Å². The van der Waals surface area contributed by atoms with Gasteiger partial charge in [0.1, 0.15) is 18.5 Å². The minimum atomic E-state index is -0.685. The lowest BCUT2D eigenvalue weighted by Crippen LogP contribution is -2.30. The standard InChI is InChI=1S/C14H18Cl2O4/c15-10-5-11(16)7-14(6-10)20-9-12(17)8-19-13-1-3-18-4-2-13/h5-7,12-13,17H,1-4,8-9H2/t12-/m0/s1. The van der Waals surface area contributed by atoms with E-state index in [-0.39, 0.29) is 19.3 Å². The lowest BCUT2D eigenvalue weighted by atomic mass is 10.1. The molecule has 0 amide bonds. The van der Waals surface area contributed by atoms with Crippen LogP contribution in [-0.4, -0.2) is 43.7 Å². The average molecular weight is 321 g/mol. The summed E-state index contributed by atoms with van der Waals surface area (Å²) in [7, 11) is 0. The van der Waals surface area contributed by atoms with Crippen LogP contribution in [0, 0.1) is 0 Å². The smallest absolute Gasteiger partial charge is 0.122 e. The summed E-state index contributed by atoms with van der Waals surface area (Å²) in [5.41, 5.74) is 0. The maximum absolute atomic E-state index is 9.83.